The maximum Gasteiger partial charge on any atom is 0.237 e. The number of amides is 1. The number of rotatable bonds is 2. The maximum atomic E-state index is 12.6. The van der Waals surface area contributed by atoms with Crippen LogP contribution >= 0.6 is 12.4 Å². The van der Waals surface area contributed by atoms with Crippen LogP contribution in [0.1, 0.15) is 44.2 Å². The SMILES string of the molecule is CC1CCCC(NC(=O)C2Cc3ccccc3CN2)C1C.Cl. The monoisotopic (exact) mass is 322 g/mol. The smallest absolute Gasteiger partial charge is 0.237 e. The third-order valence-electron chi connectivity index (χ3n) is 5.43. The first-order valence-electron chi connectivity index (χ1n) is 8.25. The van der Waals surface area contributed by atoms with E-state index in [1.807, 2.05) is 0 Å². The Morgan fingerprint density at radius 1 is 1.18 bits per heavy atom. The molecule has 4 atom stereocenters. The summed E-state index contributed by atoms with van der Waals surface area (Å²) in [5.41, 5.74) is 2.63. The van der Waals surface area contributed by atoms with Crippen molar-refractivity contribution in [2.45, 2.75) is 58.2 Å². The van der Waals surface area contributed by atoms with Crippen LogP contribution in [0.5, 0.6) is 0 Å². The molecule has 0 bridgehead atoms. The zero-order chi connectivity index (χ0) is 14.8. The molecule has 22 heavy (non-hydrogen) atoms. The molecule has 0 saturated heterocycles. The van der Waals surface area contributed by atoms with Crippen molar-refractivity contribution in [2.24, 2.45) is 11.8 Å². The highest BCUT2D eigenvalue weighted by Crippen LogP contribution is 2.29. The van der Waals surface area contributed by atoms with Gasteiger partial charge in [-0.15, -0.1) is 12.4 Å². The molecule has 4 unspecified atom stereocenters. The molecule has 1 amide bonds. The van der Waals surface area contributed by atoms with E-state index in [0.29, 0.717) is 17.9 Å². The quantitative estimate of drug-likeness (QED) is 0.878. The van der Waals surface area contributed by atoms with Crippen molar-refractivity contribution < 1.29 is 4.79 Å². The summed E-state index contributed by atoms with van der Waals surface area (Å²) in [6, 6.07) is 8.67. The van der Waals surface area contributed by atoms with E-state index in [2.05, 4.69) is 48.7 Å². The van der Waals surface area contributed by atoms with Gasteiger partial charge in [0.1, 0.15) is 0 Å². The minimum absolute atomic E-state index is 0. The Balaban J connectivity index is 0.00000176. The summed E-state index contributed by atoms with van der Waals surface area (Å²) < 4.78 is 0. The molecule has 1 aliphatic carbocycles. The lowest BCUT2D eigenvalue weighted by molar-refractivity contribution is -0.124. The first-order valence-corrected chi connectivity index (χ1v) is 8.25. The third-order valence-corrected chi connectivity index (χ3v) is 5.43. The Hall–Kier alpha value is -1.06. The predicted octanol–water partition coefficient (Wildman–Crippen LogP) is 3.06. The fourth-order valence-corrected chi connectivity index (χ4v) is 3.71. The molecule has 0 radical (unpaired) electrons. The van der Waals surface area contributed by atoms with Crippen LogP contribution in [0.25, 0.3) is 0 Å². The number of fused-ring (bicyclic) bond motifs is 1. The summed E-state index contributed by atoms with van der Waals surface area (Å²) in [5.74, 6) is 1.47. The van der Waals surface area contributed by atoms with E-state index in [1.54, 1.807) is 0 Å². The molecule has 1 fully saturated rings. The van der Waals surface area contributed by atoms with Crippen LogP contribution in [0.4, 0.5) is 0 Å². The number of benzene rings is 1. The second kappa shape index (κ2) is 7.47. The van der Waals surface area contributed by atoms with Gasteiger partial charge in [0.15, 0.2) is 0 Å². The highest BCUT2D eigenvalue weighted by Gasteiger charge is 2.31. The Kier molecular flexibility index (Phi) is 5.87. The van der Waals surface area contributed by atoms with Gasteiger partial charge in [0.2, 0.25) is 5.91 Å². The van der Waals surface area contributed by atoms with E-state index in [0.717, 1.165) is 19.4 Å². The summed E-state index contributed by atoms with van der Waals surface area (Å²) in [7, 11) is 0. The molecule has 1 aromatic carbocycles. The standard InChI is InChI=1S/C18H26N2O.ClH/c1-12-6-5-9-16(13(12)2)20-18(21)17-10-14-7-3-4-8-15(14)11-19-17;/h3-4,7-8,12-13,16-17,19H,5-6,9-11H2,1-2H3,(H,20,21);1H. The average Bonchev–Trinajstić information content (AvgIpc) is 2.51. The molecule has 3 nitrogen and oxygen atoms in total. The van der Waals surface area contributed by atoms with E-state index < -0.39 is 0 Å². The molecule has 2 N–H and O–H groups in total. The predicted molar refractivity (Wildman–Crippen MR) is 92.1 cm³/mol. The fourth-order valence-electron chi connectivity index (χ4n) is 3.71. The van der Waals surface area contributed by atoms with Gasteiger partial charge >= 0.3 is 0 Å². The van der Waals surface area contributed by atoms with Crippen molar-refractivity contribution in [3.63, 3.8) is 0 Å². The van der Waals surface area contributed by atoms with Gasteiger partial charge in [0.05, 0.1) is 6.04 Å². The molecular formula is C18H27ClN2O. The Morgan fingerprint density at radius 2 is 1.91 bits per heavy atom. The van der Waals surface area contributed by atoms with Crippen LogP contribution in [-0.2, 0) is 17.8 Å². The van der Waals surface area contributed by atoms with E-state index in [-0.39, 0.29) is 24.4 Å². The number of nitrogens with one attached hydrogen (secondary N) is 2. The molecule has 1 aliphatic heterocycles. The van der Waals surface area contributed by atoms with Crippen molar-refractivity contribution in [3.8, 4) is 0 Å². The minimum atomic E-state index is -0.0793. The van der Waals surface area contributed by atoms with E-state index in [9.17, 15) is 4.79 Å². The summed E-state index contributed by atoms with van der Waals surface area (Å²) >= 11 is 0. The van der Waals surface area contributed by atoms with Gasteiger partial charge in [-0.25, -0.2) is 0 Å². The second-order valence-corrected chi connectivity index (χ2v) is 6.79. The zero-order valence-corrected chi connectivity index (χ0v) is 14.3. The molecule has 3 rings (SSSR count). The van der Waals surface area contributed by atoms with E-state index in [4.69, 9.17) is 0 Å². The lowest BCUT2D eigenvalue weighted by Gasteiger charge is -2.36. The Bertz CT molecular complexity index is 520. The van der Waals surface area contributed by atoms with Gasteiger partial charge in [-0.1, -0.05) is 51.0 Å². The first kappa shape index (κ1) is 17.3. The summed E-state index contributed by atoms with van der Waals surface area (Å²) in [5, 5.41) is 6.68. The summed E-state index contributed by atoms with van der Waals surface area (Å²) in [6.07, 6.45) is 4.46. The largest absolute Gasteiger partial charge is 0.352 e. The molecule has 0 spiro atoms. The second-order valence-electron chi connectivity index (χ2n) is 6.79. The molecule has 1 aromatic rings. The molecule has 0 aromatic heterocycles. The first-order chi connectivity index (χ1) is 10.1. The average molecular weight is 323 g/mol. The minimum Gasteiger partial charge on any atom is -0.352 e. The van der Waals surface area contributed by atoms with Crippen molar-refractivity contribution in [3.05, 3.63) is 35.4 Å². The molecular weight excluding hydrogens is 296 g/mol. The maximum absolute atomic E-state index is 12.6. The molecule has 1 saturated carbocycles. The van der Waals surface area contributed by atoms with Crippen LogP contribution in [0.3, 0.4) is 0 Å². The molecule has 2 aliphatic rings. The number of carbonyl (C=O) groups is 1. The van der Waals surface area contributed by atoms with Gasteiger partial charge in [0, 0.05) is 12.6 Å². The van der Waals surface area contributed by atoms with Gasteiger partial charge in [0.25, 0.3) is 0 Å². The Labute approximate surface area is 139 Å². The Morgan fingerprint density at radius 3 is 2.68 bits per heavy atom. The number of carbonyl (C=O) groups excluding carboxylic acids is 1. The summed E-state index contributed by atoms with van der Waals surface area (Å²) in [6.45, 7) is 5.38. The van der Waals surface area contributed by atoms with Crippen molar-refractivity contribution >= 4 is 18.3 Å². The number of halogens is 1. The highest BCUT2D eigenvalue weighted by molar-refractivity contribution is 5.85. The fraction of sp³-hybridized carbons (Fsp3) is 0.611. The van der Waals surface area contributed by atoms with E-state index in [1.165, 1.54) is 24.0 Å². The van der Waals surface area contributed by atoms with Gasteiger partial charge < -0.3 is 10.6 Å². The highest BCUT2D eigenvalue weighted by atomic mass is 35.5. The van der Waals surface area contributed by atoms with Gasteiger partial charge in [-0.3, -0.25) is 4.79 Å². The lowest BCUT2D eigenvalue weighted by Crippen LogP contribution is -2.53. The topological polar surface area (TPSA) is 41.1 Å². The number of hydrogen-bond donors (Lipinski definition) is 2. The van der Waals surface area contributed by atoms with Crippen molar-refractivity contribution in [2.75, 3.05) is 0 Å². The third kappa shape index (κ3) is 3.64. The molecule has 4 heteroatoms. The van der Waals surface area contributed by atoms with Gasteiger partial charge in [-0.05, 0) is 35.8 Å². The normalized spacial score (nSPS) is 30.8. The zero-order valence-electron chi connectivity index (χ0n) is 13.5. The van der Waals surface area contributed by atoms with E-state index >= 15 is 0 Å². The van der Waals surface area contributed by atoms with Crippen LogP contribution in [0.2, 0.25) is 0 Å². The van der Waals surface area contributed by atoms with Crippen molar-refractivity contribution in [1.82, 2.24) is 10.6 Å². The van der Waals surface area contributed by atoms with Gasteiger partial charge in [-0.2, -0.15) is 0 Å². The lowest BCUT2D eigenvalue weighted by atomic mass is 9.78. The van der Waals surface area contributed by atoms with Crippen LogP contribution in [0, 0.1) is 11.8 Å². The molecule has 122 valence electrons. The van der Waals surface area contributed by atoms with Crippen LogP contribution in [-0.4, -0.2) is 18.0 Å². The van der Waals surface area contributed by atoms with Crippen LogP contribution in [0.15, 0.2) is 24.3 Å². The van der Waals surface area contributed by atoms with Crippen molar-refractivity contribution in [1.29, 1.82) is 0 Å². The molecule has 1 heterocycles. The van der Waals surface area contributed by atoms with Crippen LogP contribution < -0.4 is 10.6 Å². The number of hydrogen-bond acceptors (Lipinski definition) is 2. The summed E-state index contributed by atoms with van der Waals surface area (Å²) in [4.78, 5) is 12.6.